The summed E-state index contributed by atoms with van der Waals surface area (Å²) in [6.45, 7) is 1.89. The van der Waals surface area contributed by atoms with E-state index < -0.39 is 11.0 Å². The van der Waals surface area contributed by atoms with Gasteiger partial charge in [0, 0.05) is 12.6 Å². The molecule has 0 radical (unpaired) electrons. The lowest BCUT2D eigenvalue weighted by Gasteiger charge is -2.11. The highest BCUT2D eigenvalue weighted by Gasteiger charge is 2.10. The SMILES string of the molecule is Cc1ccc([N+](=O)[O-])cc1OCC(O)CN. The Morgan fingerprint density at radius 1 is 1.62 bits per heavy atom. The number of hydrogen-bond acceptors (Lipinski definition) is 5. The molecule has 0 aliphatic heterocycles. The minimum Gasteiger partial charge on any atom is -0.490 e. The van der Waals surface area contributed by atoms with Gasteiger partial charge in [0.1, 0.15) is 18.5 Å². The molecule has 0 saturated carbocycles. The van der Waals surface area contributed by atoms with Crippen molar-refractivity contribution in [2.45, 2.75) is 13.0 Å². The Morgan fingerprint density at radius 2 is 2.31 bits per heavy atom. The van der Waals surface area contributed by atoms with Crippen LogP contribution < -0.4 is 10.5 Å². The maximum absolute atomic E-state index is 10.5. The molecular weight excluding hydrogens is 212 g/mol. The molecule has 0 bridgehead atoms. The molecule has 16 heavy (non-hydrogen) atoms. The highest BCUT2D eigenvalue weighted by atomic mass is 16.6. The largest absolute Gasteiger partial charge is 0.490 e. The van der Waals surface area contributed by atoms with Crippen LogP contribution in [0.5, 0.6) is 5.75 Å². The van der Waals surface area contributed by atoms with Crippen molar-refractivity contribution in [1.82, 2.24) is 0 Å². The molecule has 0 spiro atoms. The van der Waals surface area contributed by atoms with Gasteiger partial charge >= 0.3 is 0 Å². The van der Waals surface area contributed by atoms with E-state index in [1.54, 1.807) is 13.0 Å². The van der Waals surface area contributed by atoms with Crippen molar-refractivity contribution in [3.8, 4) is 5.75 Å². The molecule has 0 fully saturated rings. The fourth-order valence-electron chi connectivity index (χ4n) is 1.11. The minimum absolute atomic E-state index is 0.0263. The molecule has 0 saturated heterocycles. The summed E-state index contributed by atoms with van der Waals surface area (Å²) in [4.78, 5) is 10.0. The number of nitrogens with zero attached hydrogens (tertiary/aromatic N) is 1. The Bertz CT molecular complexity index is 381. The molecule has 6 heteroatoms. The van der Waals surface area contributed by atoms with E-state index in [0.29, 0.717) is 5.75 Å². The Morgan fingerprint density at radius 3 is 2.88 bits per heavy atom. The van der Waals surface area contributed by atoms with Crippen LogP contribution in [0.3, 0.4) is 0 Å². The van der Waals surface area contributed by atoms with Gasteiger partial charge in [0.25, 0.3) is 5.69 Å². The first-order chi connectivity index (χ1) is 7.54. The first-order valence-electron chi connectivity index (χ1n) is 4.80. The normalized spacial score (nSPS) is 12.2. The van der Waals surface area contributed by atoms with E-state index >= 15 is 0 Å². The first kappa shape index (κ1) is 12.4. The van der Waals surface area contributed by atoms with Crippen molar-refractivity contribution < 1.29 is 14.8 Å². The summed E-state index contributed by atoms with van der Waals surface area (Å²) >= 11 is 0. The van der Waals surface area contributed by atoms with Crippen LogP contribution in [0, 0.1) is 17.0 Å². The minimum atomic E-state index is -0.765. The third-order valence-corrected chi connectivity index (χ3v) is 2.09. The summed E-state index contributed by atoms with van der Waals surface area (Å²) in [6, 6.07) is 4.34. The van der Waals surface area contributed by atoms with Gasteiger partial charge in [-0.15, -0.1) is 0 Å². The average Bonchev–Trinajstić information content (AvgIpc) is 2.27. The number of non-ortho nitro benzene ring substituents is 1. The fourth-order valence-corrected chi connectivity index (χ4v) is 1.11. The lowest BCUT2D eigenvalue weighted by Crippen LogP contribution is -2.26. The molecule has 88 valence electrons. The van der Waals surface area contributed by atoms with Crippen molar-refractivity contribution in [1.29, 1.82) is 0 Å². The van der Waals surface area contributed by atoms with Crippen LogP contribution in [0.15, 0.2) is 18.2 Å². The highest BCUT2D eigenvalue weighted by Crippen LogP contribution is 2.23. The maximum Gasteiger partial charge on any atom is 0.273 e. The predicted octanol–water partition coefficient (Wildman–Crippen LogP) is 0.602. The number of nitro benzene ring substituents is 1. The Kier molecular flexibility index (Phi) is 4.21. The summed E-state index contributed by atoms with van der Waals surface area (Å²) in [5.74, 6) is 0.390. The molecule has 0 amide bonds. The van der Waals surface area contributed by atoms with Gasteiger partial charge in [-0.05, 0) is 18.6 Å². The third kappa shape index (κ3) is 3.18. The van der Waals surface area contributed by atoms with E-state index in [-0.39, 0.29) is 18.8 Å². The molecule has 1 aromatic rings. The molecule has 0 heterocycles. The number of aliphatic hydroxyl groups is 1. The van der Waals surface area contributed by atoms with Gasteiger partial charge in [-0.25, -0.2) is 0 Å². The Labute approximate surface area is 92.8 Å². The molecule has 0 aromatic heterocycles. The summed E-state index contributed by atoms with van der Waals surface area (Å²) in [5, 5.41) is 19.7. The van der Waals surface area contributed by atoms with Crippen molar-refractivity contribution in [3.63, 3.8) is 0 Å². The van der Waals surface area contributed by atoms with Crippen LogP contribution >= 0.6 is 0 Å². The number of ether oxygens (including phenoxy) is 1. The second kappa shape index (κ2) is 5.43. The van der Waals surface area contributed by atoms with E-state index in [9.17, 15) is 15.2 Å². The maximum atomic E-state index is 10.5. The van der Waals surface area contributed by atoms with Gasteiger partial charge in [-0.1, -0.05) is 0 Å². The summed E-state index contributed by atoms with van der Waals surface area (Å²) < 4.78 is 5.25. The second-order valence-electron chi connectivity index (χ2n) is 3.41. The summed E-state index contributed by atoms with van der Waals surface area (Å²) in [7, 11) is 0. The quantitative estimate of drug-likeness (QED) is 0.566. The van der Waals surface area contributed by atoms with E-state index in [0.717, 1.165) is 5.56 Å². The van der Waals surface area contributed by atoms with Gasteiger partial charge < -0.3 is 15.6 Å². The first-order valence-corrected chi connectivity index (χ1v) is 4.80. The van der Waals surface area contributed by atoms with E-state index in [4.69, 9.17) is 10.5 Å². The standard InChI is InChI=1S/C10H14N2O4/c1-7-2-3-8(12(14)15)4-10(7)16-6-9(13)5-11/h2-4,9,13H,5-6,11H2,1H3. The van der Waals surface area contributed by atoms with Gasteiger partial charge in [0.05, 0.1) is 11.0 Å². The van der Waals surface area contributed by atoms with E-state index in [1.807, 2.05) is 0 Å². The van der Waals surface area contributed by atoms with Gasteiger partial charge in [-0.2, -0.15) is 0 Å². The molecule has 0 aliphatic rings. The fraction of sp³-hybridized carbons (Fsp3) is 0.400. The summed E-state index contributed by atoms with van der Waals surface area (Å²) in [6.07, 6.45) is -0.765. The number of nitro groups is 1. The Hall–Kier alpha value is -1.66. The molecule has 3 N–H and O–H groups in total. The van der Waals surface area contributed by atoms with Crippen LogP contribution in [-0.4, -0.2) is 29.3 Å². The van der Waals surface area contributed by atoms with Crippen molar-refractivity contribution >= 4 is 5.69 Å². The zero-order valence-electron chi connectivity index (χ0n) is 8.92. The number of nitrogens with two attached hydrogens (primary N) is 1. The molecule has 1 rings (SSSR count). The lowest BCUT2D eigenvalue weighted by atomic mass is 10.2. The highest BCUT2D eigenvalue weighted by molar-refractivity contribution is 5.43. The number of hydrogen-bond donors (Lipinski definition) is 2. The smallest absolute Gasteiger partial charge is 0.273 e. The van der Waals surface area contributed by atoms with Crippen LogP contribution in [0.1, 0.15) is 5.56 Å². The molecule has 1 aromatic carbocycles. The topological polar surface area (TPSA) is 98.6 Å². The Balaban J connectivity index is 2.78. The number of benzene rings is 1. The monoisotopic (exact) mass is 226 g/mol. The van der Waals surface area contributed by atoms with Crippen LogP contribution in [-0.2, 0) is 0 Å². The van der Waals surface area contributed by atoms with Gasteiger partial charge in [0.2, 0.25) is 0 Å². The van der Waals surface area contributed by atoms with Crippen LogP contribution in [0.2, 0.25) is 0 Å². The van der Waals surface area contributed by atoms with E-state index in [2.05, 4.69) is 0 Å². The number of rotatable bonds is 5. The third-order valence-electron chi connectivity index (χ3n) is 2.09. The number of aryl methyl sites for hydroxylation is 1. The van der Waals surface area contributed by atoms with Crippen molar-refractivity contribution in [2.24, 2.45) is 5.73 Å². The molecular formula is C10H14N2O4. The van der Waals surface area contributed by atoms with Gasteiger partial charge in [-0.3, -0.25) is 10.1 Å². The lowest BCUT2D eigenvalue weighted by molar-refractivity contribution is -0.385. The van der Waals surface area contributed by atoms with Gasteiger partial charge in [0.15, 0.2) is 0 Å². The molecule has 6 nitrogen and oxygen atoms in total. The second-order valence-corrected chi connectivity index (χ2v) is 3.41. The number of aliphatic hydroxyl groups excluding tert-OH is 1. The molecule has 1 atom stereocenters. The predicted molar refractivity (Wildman–Crippen MR) is 58.4 cm³/mol. The summed E-state index contributed by atoms with van der Waals surface area (Å²) in [5.41, 5.74) is 5.95. The molecule has 0 aliphatic carbocycles. The average molecular weight is 226 g/mol. The van der Waals surface area contributed by atoms with Crippen molar-refractivity contribution in [3.05, 3.63) is 33.9 Å². The zero-order valence-corrected chi connectivity index (χ0v) is 8.92. The van der Waals surface area contributed by atoms with Crippen molar-refractivity contribution in [2.75, 3.05) is 13.2 Å². The van der Waals surface area contributed by atoms with Crippen LogP contribution in [0.25, 0.3) is 0 Å². The van der Waals surface area contributed by atoms with Crippen LogP contribution in [0.4, 0.5) is 5.69 Å². The molecule has 1 unspecified atom stereocenters. The zero-order chi connectivity index (χ0) is 12.1. The van der Waals surface area contributed by atoms with E-state index in [1.165, 1.54) is 12.1 Å².